The van der Waals surface area contributed by atoms with Crippen molar-refractivity contribution in [2.24, 2.45) is 0 Å². The van der Waals surface area contributed by atoms with Gasteiger partial charge in [-0.05, 0) is 13.3 Å². The molecule has 0 aliphatic rings. The van der Waals surface area contributed by atoms with Gasteiger partial charge in [0.2, 0.25) is 0 Å². The first-order valence-corrected chi connectivity index (χ1v) is 8.30. The van der Waals surface area contributed by atoms with Gasteiger partial charge in [0.05, 0.1) is 0 Å². The minimum Gasteiger partial charge on any atom is -0.870 e. The molecule has 0 amide bonds. The van der Waals surface area contributed by atoms with Crippen LogP contribution in [0.3, 0.4) is 0 Å². The van der Waals surface area contributed by atoms with Gasteiger partial charge in [-0.2, -0.15) is 0 Å². The van der Waals surface area contributed by atoms with Gasteiger partial charge in [0.15, 0.2) is 0 Å². The van der Waals surface area contributed by atoms with E-state index >= 15 is 0 Å². The van der Waals surface area contributed by atoms with E-state index in [1.165, 1.54) is 10.8 Å². The summed E-state index contributed by atoms with van der Waals surface area (Å²) < 4.78 is 3.29. The fourth-order valence-corrected chi connectivity index (χ4v) is 3.19. The van der Waals surface area contributed by atoms with Crippen LogP contribution in [0.2, 0.25) is 0 Å². The molecule has 0 aliphatic carbocycles. The predicted molar refractivity (Wildman–Crippen MR) is 90.8 cm³/mol. The van der Waals surface area contributed by atoms with Gasteiger partial charge in [-0.1, -0.05) is 86.8 Å². The van der Waals surface area contributed by atoms with Crippen molar-refractivity contribution in [3.8, 4) is 0 Å². The van der Waals surface area contributed by atoms with Crippen LogP contribution in [0.25, 0.3) is 0 Å². The van der Waals surface area contributed by atoms with Gasteiger partial charge < -0.3 is 10.6 Å². The van der Waals surface area contributed by atoms with Crippen molar-refractivity contribution >= 4 is 67.8 Å². The van der Waals surface area contributed by atoms with E-state index < -0.39 is 0 Å². The topological polar surface area (TPSA) is 50.2 Å². The molecular weight excluding hydrogens is 560 g/mol. The number of aliphatic hydroxyl groups excluding tert-OH is 1. The zero-order chi connectivity index (χ0) is 11.1. The zero-order valence-electron chi connectivity index (χ0n) is 9.88. The molecule has 90 valence electrons. The van der Waals surface area contributed by atoms with Crippen LogP contribution in [0.5, 0.6) is 0 Å². The van der Waals surface area contributed by atoms with E-state index in [0.29, 0.717) is 0 Å². The van der Waals surface area contributed by atoms with Crippen molar-refractivity contribution in [2.75, 3.05) is 16.0 Å². The summed E-state index contributed by atoms with van der Waals surface area (Å²) in [6, 6.07) is 0. The van der Waals surface area contributed by atoms with Crippen molar-refractivity contribution in [3.05, 3.63) is 12.2 Å². The van der Waals surface area contributed by atoms with Crippen molar-refractivity contribution < 1.29 is 62.0 Å². The van der Waals surface area contributed by atoms with E-state index in [1.54, 1.807) is 0 Å². The van der Waals surface area contributed by atoms with Crippen LogP contribution in [0, 0.1) is 0 Å². The quantitative estimate of drug-likeness (QED) is 0.235. The third-order valence-electron chi connectivity index (χ3n) is 0.832. The number of halogens is 3. The van der Waals surface area contributed by atoms with Gasteiger partial charge >= 0.3 is 51.4 Å². The molecule has 0 aromatic carbocycles. The molecule has 0 heterocycles. The number of hydrogen-bond donors (Lipinski definition) is 1. The second kappa shape index (κ2) is 36.0. The summed E-state index contributed by atoms with van der Waals surface area (Å²) in [5, 5.41) is 7.00. The maximum atomic E-state index is 7.00. The first-order chi connectivity index (χ1) is 6.18. The Morgan fingerprint density at radius 3 is 1.67 bits per heavy atom. The van der Waals surface area contributed by atoms with E-state index in [-0.39, 0.29) is 56.9 Å². The molecule has 0 bridgehead atoms. The maximum absolute atomic E-state index is 7.00. The number of hydrogen-bond acceptors (Lipinski definition) is 2. The Bertz CT molecular complexity index is 93.4. The summed E-state index contributed by atoms with van der Waals surface area (Å²) in [7, 11) is 1.00. The van der Waals surface area contributed by atoms with Gasteiger partial charge in [0, 0.05) is 19.9 Å². The minimum absolute atomic E-state index is 0. The van der Waals surface area contributed by atoms with E-state index in [9.17, 15) is 0 Å². The van der Waals surface area contributed by atoms with Gasteiger partial charge in [0.1, 0.15) is 0 Å². The van der Waals surface area contributed by atoms with Crippen LogP contribution < -0.4 is 51.4 Å². The van der Waals surface area contributed by atoms with Crippen LogP contribution in [-0.2, 0) is 0 Å². The summed E-state index contributed by atoms with van der Waals surface area (Å²) in [4.78, 5) is 0. The second-order valence-corrected chi connectivity index (χ2v) is 6.07. The first-order valence-electron chi connectivity index (χ1n) is 4.00. The molecule has 0 aromatic heterocycles. The number of alkyl halides is 3. The van der Waals surface area contributed by atoms with Crippen molar-refractivity contribution in [1.82, 2.24) is 0 Å². The summed E-state index contributed by atoms with van der Waals surface area (Å²) in [5.41, 5.74) is 0. The number of allylic oxidation sites excluding steroid dienone is 2. The van der Waals surface area contributed by atoms with Gasteiger partial charge in [0.25, 0.3) is 0 Å². The van der Waals surface area contributed by atoms with Gasteiger partial charge in [-0.15, -0.1) is 0 Å². The van der Waals surface area contributed by atoms with Crippen molar-refractivity contribution in [1.29, 1.82) is 0 Å². The number of aliphatic hydroxyl groups is 1. The summed E-state index contributed by atoms with van der Waals surface area (Å²) >= 11 is 7.14. The molecule has 2 N–H and O–H groups in total. The van der Waals surface area contributed by atoms with E-state index in [0.717, 1.165) is 15.5 Å². The Morgan fingerprint density at radius 2 is 1.67 bits per heavy atom. The second-order valence-electron chi connectivity index (χ2n) is 1.98. The van der Waals surface area contributed by atoms with Gasteiger partial charge in [-0.25, -0.2) is 0 Å². The normalized spacial score (nSPS) is 9.53. The van der Waals surface area contributed by atoms with Crippen molar-refractivity contribution in [2.45, 2.75) is 24.2 Å². The first kappa shape index (κ1) is 31.1. The Kier molecular flexibility index (Phi) is 74.6. The van der Waals surface area contributed by atoms with Crippen LogP contribution >= 0.6 is 67.8 Å². The predicted octanol–water partition coefficient (Wildman–Crippen LogP) is 1.07. The van der Waals surface area contributed by atoms with Crippen molar-refractivity contribution in [3.63, 3.8) is 0 Å². The van der Waals surface area contributed by atoms with E-state index in [2.05, 4.69) is 80.8 Å². The molecule has 1 unspecified atom stereocenters. The van der Waals surface area contributed by atoms with Gasteiger partial charge in [-0.3, -0.25) is 0 Å². The summed E-state index contributed by atoms with van der Waals surface area (Å²) in [6.45, 7) is 4.26. The molecule has 15 heavy (non-hydrogen) atoms. The molecule has 0 rings (SSSR count). The molecule has 0 radical (unpaired) electrons. The van der Waals surface area contributed by atoms with Crippen LogP contribution in [-0.4, -0.2) is 30.5 Å². The Morgan fingerprint density at radius 1 is 1.27 bits per heavy atom. The van der Waals surface area contributed by atoms with Crippen LogP contribution in [0.1, 0.15) is 20.3 Å². The van der Waals surface area contributed by atoms with Crippen LogP contribution in [0.4, 0.5) is 0 Å². The fraction of sp³-hybridized carbons (Fsp3) is 0.778. The Hall–Kier alpha value is 3.49. The fourth-order valence-electron chi connectivity index (χ4n) is 0.239. The molecule has 2 nitrogen and oxygen atoms in total. The molecule has 0 aliphatic heterocycles. The van der Waals surface area contributed by atoms with Crippen LogP contribution in [0.15, 0.2) is 12.2 Å². The Labute approximate surface area is 178 Å². The molecular formula is C9H20I3KO2. The molecule has 0 spiro atoms. The largest absolute Gasteiger partial charge is 1.00 e. The molecule has 0 saturated carbocycles. The molecule has 6 heteroatoms. The monoisotopic (exact) mass is 580 g/mol. The van der Waals surface area contributed by atoms with E-state index in [1.807, 2.05) is 13.0 Å². The van der Waals surface area contributed by atoms with E-state index in [4.69, 9.17) is 5.11 Å². The SMILES string of the molecule is C/C=C/CI.CC(I)CCI.CO.[K+].[OH-]. The third-order valence-corrected chi connectivity index (χ3v) is 2.59. The molecule has 1 atom stereocenters. The molecule has 0 aromatic rings. The average Bonchev–Trinajstić information content (AvgIpc) is 2.10. The minimum atomic E-state index is 0. The average molecular weight is 580 g/mol. The zero-order valence-corrected chi connectivity index (χ0v) is 19.5. The standard InChI is InChI=1S/C4H8I2.C4H7I.CH4O.K.H2O/c1-4(6)2-3-5;1-2-3-4-5;1-2;;/h4H,2-3H2,1H3;2-3H,4H2,1H3;2H,1H3;;1H2/q;;;+1;/p-1/b;3-2+;;;. The maximum Gasteiger partial charge on any atom is 1.00 e. The smallest absolute Gasteiger partial charge is 0.870 e. The Balaban J connectivity index is -0.0000000344. The third kappa shape index (κ3) is 58.2. The summed E-state index contributed by atoms with van der Waals surface area (Å²) in [6.07, 6.45) is 5.51. The molecule has 0 saturated heterocycles. The number of rotatable bonds is 3. The summed E-state index contributed by atoms with van der Waals surface area (Å²) in [5.74, 6) is 0. The molecule has 0 fully saturated rings.